The summed E-state index contributed by atoms with van der Waals surface area (Å²) in [6.45, 7) is 17.6. The van der Waals surface area contributed by atoms with Crippen LogP contribution in [0.4, 0.5) is 0 Å². The Morgan fingerprint density at radius 2 is 0.763 bits per heavy atom. The summed E-state index contributed by atoms with van der Waals surface area (Å²) in [5.41, 5.74) is -1.06. The predicted molar refractivity (Wildman–Crippen MR) is 255 cm³/mol. The molecule has 0 aromatic rings. The smallest absolute Gasteiger partial charge is 0.309 e. The first kappa shape index (κ1) is 55.4. The van der Waals surface area contributed by atoms with Crippen LogP contribution in [-0.2, 0) is 9.59 Å². The van der Waals surface area contributed by atoms with Crippen LogP contribution in [-0.4, -0.2) is 77.1 Å². The first-order valence-electron chi connectivity index (χ1n) is 26.1. The van der Waals surface area contributed by atoms with E-state index in [2.05, 4.69) is 49.4 Å². The molecule has 0 fully saturated rings. The molecule has 2 unspecified atom stereocenters. The maximum atomic E-state index is 12.8. The van der Waals surface area contributed by atoms with E-state index in [1.165, 1.54) is 134 Å². The van der Waals surface area contributed by atoms with Crippen LogP contribution >= 0.6 is 0 Å². The van der Waals surface area contributed by atoms with Crippen molar-refractivity contribution < 1.29 is 19.8 Å². The second-order valence-corrected chi connectivity index (χ2v) is 19.1. The van der Waals surface area contributed by atoms with Crippen molar-refractivity contribution >= 4 is 17.8 Å². The quantitative estimate of drug-likeness (QED) is 0.0594. The molecule has 1 heterocycles. The zero-order valence-corrected chi connectivity index (χ0v) is 40.3. The van der Waals surface area contributed by atoms with E-state index in [0.29, 0.717) is 0 Å². The van der Waals surface area contributed by atoms with Gasteiger partial charge in [-0.15, -0.1) is 0 Å². The molecular formula is C52H101N3O4. The minimum Gasteiger partial charge on any atom is -0.481 e. The summed E-state index contributed by atoms with van der Waals surface area (Å²) in [5, 5.41) is 21.1. The van der Waals surface area contributed by atoms with Crippen LogP contribution in [0.3, 0.4) is 0 Å². The standard InChI is InChI=1S/C52H101N3O4/c1-6-10-14-18-20-28-38-51(49(56)57,36-26-16-12-8-3)40-30-22-24-32-43-54(45-34-35-46-55-47-42-53-48(55)5)44-33-25-23-31-41-52(50(58)59,37-27-17-13-9-4)39-29-21-19-15-11-7-2/h6-47H2,1-5H3,(H,56,57)(H,58,59). The van der Waals surface area contributed by atoms with Crippen molar-refractivity contribution in [3.63, 3.8) is 0 Å². The number of carbonyl (C=O) groups is 2. The molecule has 0 saturated carbocycles. The Labute approximate surface area is 367 Å². The number of hydrogen-bond acceptors (Lipinski definition) is 5. The van der Waals surface area contributed by atoms with Gasteiger partial charge in [0.15, 0.2) is 0 Å². The normalized spacial score (nSPS) is 15.2. The number of carboxylic acid groups (broad SMARTS) is 2. The minimum absolute atomic E-state index is 0.531. The summed E-state index contributed by atoms with van der Waals surface area (Å²) in [6.07, 6.45) is 40.3. The Morgan fingerprint density at radius 1 is 0.475 bits per heavy atom. The summed E-state index contributed by atoms with van der Waals surface area (Å²) in [4.78, 5) is 35.4. The van der Waals surface area contributed by atoms with E-state index in [4.69, 9.17) is 0 Å². The molecule has 59 heavy (non-hydrogen) atoms. The van der Waals surface area contributed by atoms with Crippen LogP contribution in [0.25, 0.3) is 0 Å². The van der Waals surface area contributed by atoms with Crippen LogP contribution in [0.5, 0.6) is 0 Å². The first-order valence-corrected chi connectivity index (χ1v) is 26.1. The molecule has 2 N–H and O–H groups in total. The molecule has 2 atom stereocenters. The number of amidine groups is 1. The molecule has 0 spiro atoms. The SMILES string of the molecule is CCCCCCCCC(CCCCCC)(CCCCCCN(CCCCCCC(CCCCCC)(CCCCCCCC)C(=O)O)CCCCN1CCN=C1C)C(=O)O. The van der Waals surface area contributed by atoms with Gasteiger partial charge in [0.1, 0.15) is 0 Å². The van der Waals surface area contributed by atoms with Crippen molar-refractivity contribution in [3.05, 3.63) is 0 Å². The summed E-state index contributed by atoms with van der Waals surface area (Å²) in [6, 6.07) is 0. The van der Waals surface area contributed by atoms with Crippen molar-refractivity contribution in [2.75, 3.05) is 39.3 Å². The second kappa shape index (κ2) is 37.0. The van der Waals surface area contributed by atoms with E-state index in [1.807, 2.05) is 0 Å². The zero-order chi connectivity index (χ0) is 43.3. The lowest BCUT2D eigenvalue weighted by atomic mass is 9.74. The highest BCUT2D eigenvalue weighted by Gasteiger charge is 2.37. The van der Waals surface area contributed by atoms with Crippen molar-refractivity contribution in [1.29, 1.82) is 0 Å². The van der Waals surface area contributed by atoms with Crippen molar-refractivity contribution in [3.8, 4) is 0 Å². The summed E-state index contributed by atoms with van der Waals surface area (Å²) in [5.74, 6) is 0.117. The molecule has 7 heteroatoms. The fourth-order valence-electron chi connectivity index (χ4n) is 9.81. The van der Waals surface area contributed by atoms with Gasteiger partial charge in [0.25, 0.3) is 0 Å². The molecule has 1 aliphatic heterocycles. The number of carboxylic acids is 2. The Kier molecular flexibility index (Phi) is 34.7. The van der Waals surface area contributed by atoms with Gasteiger partial charge < -0.3 is 20.0 Å². The number of rotatable bonds is 45. The molecule has 1 aliphatic rings. The van der Waals surface area contributed by atoms with Crippen LogP contribution in [0.1, 0.15) is 266 Å². The van der Waals surface area contributed by atoms with E-state index in [0.717, 1.165) is 142 Å². The molecule has 0 saturated heterocycles. The number of aliphatic imine (C=N–C) groups is 1. The van der Waals surface area contributed by atoms with Crippen molar-refractivity contribution in [1.82, 2.24) is 9.80 Å². The Balaban J connectivity index is 2.70. The maximum absolute atomic E-state index is 12.8. The summed E-state index contributed by atoms with van der Waals surface area (Å²) in [7, 11) is 0. The Hall–Kier alpha value is -1.63. The van der Waals surface area contributed by atoms with Gasteiger partial charge in [-0.3, -0.25) is 14.6 Å². The number of unbranched alkanes of at least 4 members (excludes halogenated alkanes) is 23. The number of nitrogens with zero attached hydrogens (tertiary/aromatic N) is 3. The topological polar surface area (TPSA) is 93.4 Å². The third-order valence-electron chi connectivity index (χ3n) is 14.0. The van der Waals surface area contributed by atoms with Crippen LogP contribution in [0.2, 0.25) is 0 Å². The van der Waals surface area contributed by atoms with Crippen LogP contribution in [0, 0.1) is 10.8 Å². The van der Waals surface area contributed by atoms with Crippen LogP contribution in [0.15, 0.2) is 4.99 Å². The summed E-state index contributed by atoms with van der Waals surface area (Å²) >= 11 is 0. The van der Waals surface area contributed by atoms with E-state index in [1.54, 1.807) is 0 Å². The molecule has 0 aromatic carbocycles. The maximum Gasteiger partial charge on any atom is 0.309 e. The lowest BCUT2D eigenvalue weighted by Gasteiger charge is -2.30. The predicted octanol–water partition coefficient (Wildman–Crippen LogP) is 15.3. The first-order chi connectivity index (χ1) is 28.7. The highest BCUT2D eigenvalue weighted by atomic mass is 16.4. The van der Waals surface area contributed by atoms with Gasteiger partial charge >= 0.3 is 11.9 Å². The third kappa shape index (κ3) is 26.5. The summed E-state index contributed by atoms with van der Waals surface area (Å²) < 4.78 is 0. The van der Waals surface area contributed by atoms with Gasteiger partial charge in [-0.05, 0) is 90.8 Å². The van der Waals surface area contributed by atoms with Gasteiger partial charge in [0.05, 0.1) is 23.2 Å². The third-order valence-corrected chi connectivity index (χ3v) is 14.0. The van der Waals surface area contributed by atoms with Crippen LogP contribution < -0.4 is 0 Å². The fourth-order valence-corrected chi connectivity index (χ4v) is 9.81. The molecule has 0 bridgehead atoms. The lowest BCUT2D eigenvalue weighted by Crippen LogP contribution is -2.31. The number of hydrogen-bond donors (Lipinski definition) is 2. The van der Waals surface area contributed by atoms with Gasteiger partial charge in [-0.2, -0.15) is 0 Å². The molecule has 0 aliphatic carbocycles. The molecule has 0 amide bonds. The fraction of sp³-hybridized carbons (Fsp3) is 0.942. The Bertz CT molecular complexity index is 973. The Morgan fingerprint density at radius 3 is 1.07 bits per heavy atom. The van der Waals surface area contributed by atoms with E-state index < -0.39 is 22.8 Å². The van der Waals surface area contributed by atoms with Gasteiger partial charge in [-0.1, -0.05) is 195 Å². The molecule has 0 aromatic heterocycles. The molecule has 0 radical (unpaired) electrons. The molecular weight excluding hydrogens is 731 g/mol. The van der Waals surface area contributed by atoms with E-state index in [-0.39, 0.29) is 0 Å². The average molecular weight is 832 g/mol. The lowest BCUT2D eigenvalue weighted by molar-refractivity contribution is -0.151. The van der Waals surface area contributed by atoms with Gasteiger partial charge in [0, 0.05) is 13.1 Å². The van der Waals surface area contributed by atoms with E-state index >= 15 is 0 Å². The zero-order valence-electron chi connectivity index (χ0n) is 40.3. The highest BCUT2D eigenvalue weighted by molar-refractivity contribution is 5.81. The van der Waals surface area contributed by atoms with Crippen molar-refractivity contribution in [2.45, 2.75) is 266 Å². The average Bonchev–Trinajstić information content (AvgIpc) is 3.64. The molecule has 1 rings (SSSR count). The van der Waals surface area contributed by atoms with Gasteiger partial charge in [0.2, 0.25) is 0 Å². The molecule has 7 nitrogen and oxygen atoms in total. The largest absolute Gasteiger partial charge is 0.481 e. The number of aliphatic carboxylic acids is 2. The van der Waals surface area contributed by atoms with E-state index in [9.17, 15) is 19.8 Å². The monoisotopic (exact) mass is 832 g/mol. The highest BCUT2D eigenvalue weighted by Crippen LogP contribution is 2.39. The van der Waals surface area contributed by atoms with Crippen molar-refractivity contribution in [2.24, 2.45) is 15.8 Å². The van der Waals surface area contributed by atoms with Gasteiger partial charge in [-0.25, -0.2) is 0 Å². The molecule has 348 valence electrons. The minimum atomic E-state index is -0.539. The second-order valence-electron chi connectivity index (χ2n) is 19.1.